The van der Waals surface area contributed by atoms with Gasteiger partial charge in [0.15, 0.2) is 6.10 Å². The Morgan fingerprint density at radius 1 is 1.10 bits per heavy atom. The van der Waals surface area contributed by atoms with Crippen molar-refractivity contribution in [3.63, 3.8) is 0 Å². The van der Waals surface area contributed by atoms with Crippen LogP contribution < -0.4 is 9.64 Å². The number of hydrogen-bond donors (Lipinski definition) is 0. The van der Waals surface area contributed by atoms with Gasteiger partial charge >= 0.3 is 6.09 Å². The Kier molecular flexibility index (Phi) is 7.73. The fraction of sp³-hybridized carbons (Fsp3) is 0.438. The fourth-order valence-corrected chi connectivity index (χ4v) is 5.66. The number of aryl methyl sites for hydroxylation is 1. The molecule has 0 bridgehead atoms. The number of likely N-dealkylation sites (tertiary alicyclic amines) is 1. The molecule has 2 aliphatic rings. The first-order valence-corrected chi connectivity index (χ1v) is 14.2. The SMILES string of the molecule is Cc1cc(-c2cc3c(cc2Cl)N(CC2CN(C(=O)OC(C)(C)C)C2)C(=O)[C@@H](CCN(C)C)O3)c2ccccc2c1. The molecule has 0 radical (unpaired) electrons. The van der Waals surface area contributed by atoms with Gasteiger partial charge in [-0.1, -0.05) is 48.0 Å². The Hall–Kier alpha value is -3.29. The maximum atomic E-state index is 13.7. The van der Waals surface area contributed by atoms with Crippen LogP contribution in [0.5, 0.6) is 5.75 Å². The number of benzene rings is 3. The van der Waals surface area contributed by atoms with Gasteiger partial charge in [-0.05, 0) is 75.8 Å². The summed E-state index contributed by atoms with van der Waals surface area (Å²) in [7, 11) is 3.97. The van der Waals surface area contributed by atoms with Gasteiger partial charge in [0.1, 0.15) is 11.4 Å². The van der Waals surface area contributed by atoms with Crippen molar-refractivity contribution in [2.45, 2.75) is 45.8 Å². The third-order valence-electron chi connectivity index (χ3n) is 7.33. The fourth-order valence-electron chi connectivity index (χ4n) is 5.40. The number of halogens is 1. The molecule has 0 aliphatic carbocycles. The molecule has 0 aromatic heterocycles. The van der Waals surface area contributed by atoms with E-state index in [1.807, 2.05) is 64.0 Å². The normalized spacial score (nSPS) is 17.6. The Balaban J connectivity index is 1.46. The number of nitrogens with zero attached hydrogens (tertiary/aromatic N) is 3. The highest BCUT2D eigenvalue weighted by Crippen LogP contribution is 2.44. The summed E-state index contributed by atoms with van der Waals surface area (Å²) < 4.78 is 11.9. The lowest BCUT2D eigenvalue weighted by Gasteiger charge is -2.43. The minimum Gasteiger partial charge on any atom is -0.478 e. The van der Waals surface area contributed by atoms with E-state index in [0.717, 1.165) is 34.0 Å². The first kappa shape index (κ1) is 28.2. The zero-order valence-electron chi connectivity index (χ0n) is 24.2. The monoisotopic (exact) mass is 563 g/mol. The van der Waals surface area contributed by atoms with E-state index in [2.05, 4.69) is 31.2 Å². The summed E-state index contributed by atoms with van der Waals surface area (Å²) in [4.78, 5) is 31.7. The van der Waals surface area contributed by atoms with E-state index in [0.29, 0.717) is 42.5 Å². The highest BCUT2D eigenvalue weighted by atomic mass is 35.5. The summed E-state index contributed by atoms with van der Waals surface area (Å²) in [5.41, 5.74) is 3.18. The summed E-state index contributed by atoms with van der Waals surface area (Å²) in [6.45, 7) is 9.94. The Morgan fingerprint density at radius 3 is 2.52 bits per heavy atom. The number of amides is 2. The van der Waals surface area contributed by atoms with Gasteiger partial charge in [-0.15, -0.1) is 0 Å². The van der Waals surface area contributed by atoms with E-state index >= 15 is 0 Å². The van der Waals surface area contributed by atoms with Crippen molar-refractivity contribution < 1.29 is 19.1 Å². The molecule has 40 heavy (non-hydrogen) atoms. The first-order valence-electron chi connectivity index (χ1n) is 13.8. The van der Waals surface area contributed by atoms with Gasteiger partial charge in [0.2, 0.25) is 0 Å². The molecule has 2 aliphatic heterocycles. The zero-order chi connectivity index (χ0) is 28.8. The number of fused-ring (bicyclic) bond motifs is 2. The van der Waals surface area contributed by atoms with E-state index in [9.17, 15) is 9.59 Å². The van der Waals surface area contributed by atoms with Crippen molar-refractivity contribution in [3.8, 4) is 16.9 Å². The standard InChI is InChI=1S/C32H38ClN3O4/c1-20-13-22-9-7-8-10-23(22)24(14-20)25-15-29-27(16-26(25)33)36(30(37)28(39-29)11-12-34(5)6)19-21-17-35(18-21)31(38)40-32(2,3)4/h7-10,13-16,21,28H,11-12,17-19H2,1-6H3/t28-/m1/s1. The number of rotatable bonds is 6. The molecule has 2 amide bonds. The quantitative estimate of drug-likeness (QED) is 0.348. The number of anilines is 1. The van der Waals surface area contributed by atoms with E-state index in [1.165, 1.54) is 0 Å². The molecular formula is C32H38ClN3O4. The van der Waals surface area contributed by atoms with Crippen LogP contribution in [0.2, 0.25) is 5.02 Å². The molecular weight excluding hydrogens is 526 g/mol. The van der Waals surface area contributed by atoms with Gasteiger partial charge in [-0.2, -0.15) is 0 Å². The maximum Gasteiger partial charge on any atom is 0.410 e. The smallest absolute Gasteiger partial charge is 0.410 e. The van der Waals surface area contributed by atoms with Gasteiger partial charge < -0.3 is 24.2 Å². The van der Waals surface area contributed by atoms with Gasteiger partial charge in [-0.3, -0.25) is 4.79 Å². The molecule has 1 fully saturated rings. The van der Waals surface area contributed by atoms with Crippen LogP contribution in [0.15, 0.2) is 48.5 Å². The van der Waals surface area contributed by atoms with Crippen LogP contribution in [0.25, 0.3) is 21.9 Å². The summed E-state index contributed by atoms with van der Waals surface area (Å²) in [6, 6.07) is 16.4. The predicted octanol–water partition coefficient (Wildman–Crippen LogP) is 6.38. The molecule has 1 atom stereocenters. The average Bonchev–Trinajstić information content (AvgIpc) is 2.84. The molecule has 0 saturated carbocycles. The Labute approximate surface area is 241 Å². The van der Waals surface area contributed by atoms with E-state index in [1.54, 1.807) is 9.80 Å². The van der Waals surface area contributed by atoms with Crippen molar-refractivity contribution in [3.05, 3.63) is 59.1 Å². The molecule has 1 saturated heterocycles. The number of carbonyl (C=O) groups is 2. The van der Waals surface area contributed by atoms with E-state index in [4.69, 9.17) is 21.1 Å². The third kappa shape index (κ3) is 5.91. The van der Waals surface area contributed by atoms with Crippen LogP contribution in [-0.4, -0.2) is 73.8 Å². The number of ether oxygens (including phenoxy) is 2. The van der Waals surface area contributed by atoms with Crippen LogP contribution in [0, 0.1) is 12.8 Å². The molecule has 0 spiro atoms. The second-order valence-corrected chi connectivity index (χ2v) is 12.6. The van der Waals surface area contributed by atoms with Crippen molar-refractivity contribution in [2.75, 3.05) is 45.2 Å². The molecule has 3 aromatic rings. The highest BCUT2D eigenvalue weighted by Gasteiger charge is 2.40. The summed E-state index contributed by atoms with van der Waals surface area (Å²) in [5, 5.41) is 2.82. The lowest BCUT2D eigenvalue weighted by molar-refractivity contribution is -0.127. The second-order valence-electron chi connectivity index (χ2n) is 12.2. The van der Waals surface area contributed by atoms with E-state index in [-0.39, 0.29) is 17.9 Å². The number of carbonyl (C=O) groups excluding carboxylic acids is 2. The van der Waals surface area contributed by atoms with Crippen LogP contribution in [0.4, 0.5) is 10.5 Å². The number of hydrogen-bond acceptors (Lipinski definition) is 5. The third-order valence-corrected chi connectivity index (χ3v) is 7.65. The largest absolute Gasteiger partial charge is 0.478 e. The van der Waals surface area contributed by atoms with Crippen LogP contribution in [0.1, 0.15) is 32.8 Å². The van der Waals surface area contributed by atoms with Gasteiger partial charge in [-0.25, -0.2) is 4.79 Å². The van der Waals surface area contributed by atoms with E-state index < -0.39 is 11.7 Å². The molecule has 8 heteroatoms. The zero-order valence-corrected chi connectivity index (χ0v) is 24.9. The molecule has 3 aromatic carbocycles. The molecule has 5 rings (SSSR count). The predicted molar refractivity (Wildman–Crippen MR) is 160 cm³/mol. The van der Waals surface area contributed by atoms with Crippen LogP contribution >= 0.6 is 11.6 Å². The van der Waals surface area contributed by atoms with Crippen LogP contribution in [-0.2, 0) is 9.53 Å². The lowest BCUT2D eigenvalue weighted by Crippen LogP contribution is -2.57. The van der Waals surface area contributed by atoms with Crippen molar-refractivity contribution >= 4 is 40.1 Å². The van der Waals surface area contributed by atoms with Crippen LogP contribution in [0.3, 0.4) is 0 Å². The van der Waals surface area contributed by atoms with Crippen molar-refractivity contribution in [2.24, 2.45) is 5.92 Å². The topological polar surface area (TPSA) is 62.3 Å². The maximum absolute atomic E-state index is 13.7. The molecule has 0 N–H and O–H groups in total. The molecule has 0 unspecified atom stereocenters. The highest BCUT2D eigenvalue weighted by molar-refractivity contribution is 6.34. The Morgan fingerprint density at radius 2 is 1.82 bits per heavy atom. The molecule has 2 heterocycles. The minimum absolute atomic E-state index is 0.0742. The molecule has 7 nitrogen and oxygen atoms in total. The van der Waals surface area contributed by atoms with Crippen molar-refractivity contribution in [1.29, 1.82) is 0 Å². The second kappa shape index (κ2) is 10.9. The first-order chi connectivity index (χ1) is 18.9. The van der Waals surface area contributed by atoms with Gasteiger partial charge in [0.05, 0.1) is 10.7 Å². The lowest BCUT2D eigenvalue weighted by atomic mass is 9.94. The molecule has 212 valence electrons. The van der Waals surface area contributed by atoms with Gasteiger partial charge in [0.25, 0.3) is 5.91 Å². The average molecular weight is 564 g/mol. The van der Waals surface area contributed by atoms with Crippen molar-refractivity contribution in [1.82, 2.24) is 9.80 Å². The minimum atomic E-state index is -0.597. The summed E-state index contributed by atoms with van der Waals surface area (Å²) in [6.07, 6.45) is -0.346. The summed E-state index contributed by atoms with van der Waals surface area (Å²) >= 11 is 6.94. The summed E-state index contributed by atoms with van der Waals surface area (Å²) in [5.74, 6) is 0.711. The Bertz CT molecular complexity index is 1440. The van der Waals surface area contributed by atoms with Gasteiger partial charge in [0, 0.05) is 44.1 Å².